The van der Waals surface area contributed by atoms with Gasteiger partial charge in [0.25, 0.3) is 5.91 Å². The topological polar surface area (TPSA) is 47.4 Å². The Hall–Kier alpha value is -3.94. The van der Waals surface area contributed by atoms with Crippen LogP contribution in [0.3, 0.4) is 0 Å². The molecular formula is C31H27N3O2S2. The number of rotatable bonds is 8. The maximum Gasteiger partial charge on any atom is 0.266 e. The van der Waals surface area contributed by atoms with Gasteiger partial charge in [-0.3, -0.25) is 9.69 Å². The summed E-state index contributed by atoms with van der Waals surface area (Å²) < 4.78 is 8.15. The Morgan fingerprint density at radius 1 is 1.08 bits per heavy atom. The predicted octanol–water partition coefficient (Wildman–Crippen LogP) is 7.37. The van der Waals surface area contributed by atoms with Gasteiger partial charge in [-0.25, -0.2) is 4.68 Å². The molecule has 0 aliphatic carbocycles. The van der Waals surface area contributed by atoms with E-state index in [1.165, 1.54) is 11.8 Å². The van der Waals surface area contributed by atoms with E-state index in [1.54, 1.807) is 11.0 Å². The minimum Gasteiger partial charge on any atom is -0.489 e. The van der Waals surface area contributed by atoms with Gasteiger partial charge in [0, 0.05) is 17.3 Å². The van der Waals surface area contributed by atoms with Crippen LogP contribution in [0, 0.1) is 6.92 Å². The van der Waals surface area contributed by atoms with E-state index in [-0.39, 0.29) is 11.9 Å². The zero-order valence-corrected chi connectivity index (χ0v) is 22.8. The molecule has 5 nitrogen and oxygen atoms in total. The second-order valence-electron chi connectivity index (χ2n) is 8.93. The summed E-state index contributed by atoms with van der Waals surface area (Å²) >= 11 is 6.97. The Balaban J connectivity index is 1.54. The van der Waals surface area contributed by atoms with Crippen molar-refractivity contribution in [2.75, 3.05) is 6.61 Å². The lowest BCUT2D eigenvalue weighted by Crippen LogP contribution is -2.30. The van der Waals surface area contributed by atoms with Crippen molar-refractivity contribution in [1.29, 1.82) is 0 Å². The van der Waals surface area contributed by atoms with Crippen molar-refractivity contribution in [1.82, 2.24) is 14.7 Å². The van der Waals surface area contributed by atoms with Gasteiger partial charge in [-0.15, -0.1) is 0 Å². The monoisotopic (exact) mass is 537 g/mol. The standard InChI is InChI=1S/C31H27N3O2S2/c1-4-17-36-27-16-15-24(18-21(27)2)29-25(20-33(32-29)26-13-9-6-10-14-26)19-28-30(35)34(31(37)38-28)22(3)23-11-7-5-8-12-23/h4-16,18-20,22H,1,17H2,2-3H3. The zero-order chi connectivity index (χ0) is 26.6. The molecule has 0 bridgehead atoms. The van der Waals surface area contributed by atoms with Crippen molar-refractivity contribution in [2.24, 2.45) is 0 Å². The molecule has 0 saturated carbocycles. The smallest absolute Gasteiger partial charge is 0.266 e. The Morgan fingerprint density at radius 3 is 2.47 bits per heavy atom. The number of thioether (sulfide) groups is 1. The highest BCUT2D eigenvalue weighted by atomic mass is 32.2. The van der Waals surface area contributed by atoms with E-state index in [0.717, 1.165) is 39.4 Å². The summed E-state index contributed by atoms with van der Waals surface area (Å²) in [6.07, 6.45) is 5.58. The molecule has 1 aromatic heterocycles. The van der Waals surface area contributed by atoms with Crippen LogP contribution in [0.4, 0.5) is 0 Å². The predicted molar refractivity (Wildman–Crippen MR) is 159 cm³/mol. The van der Waals surface area contributed by atoms with Crippen LogP contribution in [0.15, 0.2) is 103 Å². The molecule has 3 aromatic carbocycles. The fourth-order valence-electron chi connectivity index (χ4n) is 4.37. The van der Waals surface area contributed by atoms with Crippen molar-refractivity contribution < 1.29 is 9.53 Å². The second-order valence-corrected chi connectivity index (χ2v) is 10.6. The summed E-state index contributed by atoms with van der Waals surface area (Å²) in [4.78, 5) is 15.8. The Morgan fingerprint density at radius 2 is 1.79 bits per heavy atom. The molecule has 1 fully saturated rings. The fraction of sp³-hybridized carbons (Fsp3) is 0.129. The first-order valence-corrected chi connectivity index (χ1v) is 13.5. The molecule has 1 aliphatic heterocycles. The summed E-state index contributed by atoms with van der Waals surface area (Å²) in [5.41, 5.74) is 5.50. The second kappa shape index (κ2) is 11.2. The Bertz CT molecular complexity index is 1530. The van der Waals surface area contributed by atoms with E-state index in [2.05, 4.69) is 12.6 Å². The van der Waals surface area contributed by atoms with Crippen molar-refractivity contribution >= 4 is 40.3 Å². The number of hydrogen-bond acceptors (Lipinski definition) is 5. The number of benzene rings is 3. The average Bonchev–Trinajstić information content (AvgIpc) is 3.48. The molecule has 0 N–H and O–H groups in total. The number of ether oxygens (including phenoxy) is 1. The van der Waals surface area contributed by atoms with Crippen molar-refractivity contribution in [3.8, 4) is 22.7 Å². The number of aryl methyl sites for hydroxylation is 1. The maximum absolute atomic E-state index is 13.6. The third-order valence-corrected chi connectivity index (χ3v) is 7.68. The van der Waals surface area contributed by atoms with Crippen LogP contribution >= 0.6 is 24.0 Å². The molecule has 7 heteroatoms. The quantitative estimate of drug-likeness (QED) is 0.133. The summed E-state index contributed by atoms with van der Waals surface area (Å²) in [6.45, 7) is 8.17. The van der Waals surface area contributed by atoms with Gasteiger partial charge in [-0.2, -0.15) is 5.10 Å². The molecule has 0 radical (unpaired) electrons. The molecule has 2 heterocycles. The summed E-state index contributed by atoms with van der Waals surface area (Å²) in [5, 5.41) is 4.92. The molecule has 1 amide bonds. The first-order chi connectivity index (χ1) is 18.5. The molecular weight excluding hydrogens is 510 g/mol. The molecule has 1 aliphatic rings. The number of hydrogen-bond donors (Lipinski definition) is 0. The highest BCUT2D eigenvalue weighted by molar-refractivity contribution is 8.26. The molecule has 5 rings (SSSR count). The number of para-hydroxylation sites is 1. The molecule has 0 spiro atoms. The molecule has 4 aromatic rings. The minimum atomic E-state index is -0.160. The van der Waals surface area contributed by atoms with E-state index < -0.39 is 0 Å². The molecule has 1 saturated heterocycles. The fourth-order valence-corrected chi connectivity index (χ4v) is 5.78. The number of amides is 1. The maximum atomic E-state index is 13.6. The van der Waals surface area contributed by atoms with Crippen molar-refractivity contribution in [2.45, 2.75) is 19.9 Å². The Labute approximate surface area is 232 Å². The molecule has 190 valence electrons. The molecule has 1 unspecified atom stereocenters. The van der Waals surface area contributed by atoms with Gasteiger partial charge >= 0.3 is 0 Å². The SMILES string of the molecule is C=CCOc1ccc(-c2nn(-c3ccccc3)cc2C=C2SC(=S)N(C(C)c3ccccc3)C2=O)cc1C. The molecule has 1 atom stereocenters. The van der Waals surface area contributed by atoms with E-state index in [0.29, 0.717) is 15.8 Å². The van der Waals surface area contributed by atoms with Gasteiger partial charge < -0.3 is 4.74 Å². The largest absolute Gasteiger partial charge is 0.489 e. The average molecular weight is 538 g/mol. The highest BCUT2D eigenvalue weighted by Gasteiger charge is 2.36. The third-order valence-electron chi connectivity index (χ3n) is 6.35. The number of aromatic nitrogens is 2. The van der Waals surface area contributed by atoms with Crippen LogP contribution in [0.1, 0.15) is 29.7 Å². The van der Waals surface area contributed by atoms with Crippen molar-refractivity contribution in [3.63, 3.8) is 0 Å². The number of carbonyl (C=O) groups is 1. The van der Waals surface area contributed by atoms with Crippen LogP contribution in [-0.4, -0.2) is 31.5 Å². The number of nitrogens with zero attached hydrogens (tertiary/aromatic N) is 3. The lowest BCUT2D eigenvalue weighted by molar-refractivity contribution is -0.123. The minimum absolute atomic E-state index is 0.0980. The van der Waals surface area contributed by atoms with Crippen LogP contribution in [-0.2, 0) is 4.79 Å². The van der Waals surface area contributed by atoms with E-state index in [4.69, 9.17) is 22.1 Å². The van der Waals surface area contributed by atoms with Gasteiger partial charge in [-0.05, 0) is 61.4 Å². The lowest BCUT2D eigenvalue weighted by atomic mass is 10.0. The van der Waals surface area contributed by atoms with E-state index >= 15 is 0 Å². The summed E-state index contributed by atoms with van der Waals surface area (Å²) in [7, 11) is 0. The van der Waals surface area contributed by atoms with Gasteiger partial charge in [0.15, 0.2) is 0 Å². The first kappa shape index (κ1) is 25.7. The normalized spacial score (nSPS) is 15.2. The Kier molecular flexibility index (Phi) is 7.58. The summed E-state index contributed by atoms with van der Waals surface area (Å²) in [5.74, 6) is 0.701. The van der Waals surface area contributed by atoms with Gasteiger partial charge in [0.2, 0.25) is 0 Å². The lowest BCUT2D eigenvalue weighted by Gasteiger charge is -2.23. The highest BCUT2D eigenvalue weighted by Crippen LogP contribution is 2.39. The van der Waals surface area contributed by atoms with Crippen LogP contribution in [0.25, 0.3) is 23.0 Å². The first-order valence-electron chi connectivity index (χ1n) is 12.3. The van der Waals surface area contributed by atoms with Gasteiger partial charge in [0.1, 0.15) is 22.4 Å². The summed E-state index contributed by atoms with van der Waals surface area (Å²) in [6, 6.07) is 25.7. The number of carbonyl (C=O) groups excluding carboxylic acids is 1. The zero-order valence-electron chi connectivity index (χ0n) is 21.2. The number of thiocarbonyl (C=S) groups is 1. The van der Waals surface area contributed by atoms with Crippen LogP contribution < -0.4 is 4.74 Å². The van der Waals surface area contributed by atoms with E-state index in [1.807, 2.05) is 104 Å². The molecule has 38 heavy (non-hydrogen) atoms. The van der Waals surface area contributed by atoms with Crippen LogP contribution in [0.5, 0.6) is 5.75 Å². The van der Waals surface area contributed by atoms with Crippen molar-refractivity contribution in [3.05, 3.63) is 119 Å². The van der Waals surface area contributed by atoms with Gasteiger partial charge in [-0.1, -0.05) is 85.2 Å². The third kappa shape index (κ3) is 5.21. The van der Waals surface area contributed by atoms with E-state index in [9.17, 15) is 4.79 Å². The van der Waals surface area contributed by atoms with Gasteiger partial charge in [0.05, 0.1) is 16.6 Å². The van der Waals surface area contributed by atoms with Crippen LogP contribution in [0.2, 0.25) is 0 Å².